The van der Waals surface area contributed by atoms with Crippen molar-refractivity contribution in [2.24, 2.45) is 0 Å². The van der Waals surface area contributed by atoms with Crippen LogP contribution >= 0.6 is 0 Å². The van der Waals surface area contributed by atoms with E-state index in [1.165, 1.54) is 5.56 Å². The van der Waals surface area contributed by atoms with Crippen LogP contribution in [0.1, 0.15) is 18.4 Å². The van der Waals surface area contributed by atoms with Gasteiger partial charge >= 0.3 is 0 Å². The fourth-order valence-corrected chi connectivity index (χ4v) is 2.25. The molecule has 19 heavy (non-hydrogen) atoms. The Morgan fingerprint density at radius 1 is 1.21 bits per heavy atom. The van der Waals surface area contributed by atoms with Crippen LogP contribution in [-0.2, 0) is 11.3 Å². The molecule has 0 atom stereocenters. The first kappa shape index (κ1) is 12.2. The molecule has 0 spiro atoms. The Kier molecular flexibility index (Phi) is 3.79. The molecule has 2 aromatic rings. The Balaban J connectivity index is 1.59. The lowest BCUT2D eigenvalue weighted by Crippen LogP contribution is -2.25. The van der Waals surface area contributed by atoms with Crippen LogP contribution in [0.2, 0.25) is 0 Å². The minimum atomic E-state index is 0.267. The Morgan fingerprint density at radius 3 is 2.79 bits per heavy atom. The molecule has 0 unspecified atom stereocenters. The van der Waals surface area contributed by atoms with Crippen LogP contribution in [0.3, 0.4) is 0 Å². The molecule has 100 valence electrons. The van der Waals surface area contributed by atoms with E-state index in [9.17, 15) is 0 Å². The molecule has 1 aromatic heterocycles. The molecule has 1 fully saturated rings. The van der Waals surface area contributed by atoms with Crippen LogP contribution in [0.5, 0.6) is 5.75 Å². The van der Waals surface area contributed by atoms with Crippen molar-refractivity contribution in [3.8, 4) is 5.75 Å². The molecule has 0 N–H and O–H groups in total. The summed E-state index contributed by atoms with van der Waals surface area (Å²) in [5, 5.41) is 4.34. The van der Waals surface area contributed by atoms with E-state index >= 15 is 0 Å². The van der Waals surface area contributed by atoms with E-state index in [-0.39, 0.29) is 6.10 Å². The molecule has 1 aliphatic heterocycles. The van der Waals surface area contributed by atoms with Gasteiger partial charge < -0.3 is 9.47 Å². The molecular formula is C15H18N2O2. The largest absolute Gasteiger partial charge is 0.487 e. The predicted molar refractivity (Wildman–Crippen MR) is 72.2 cm³/mol. The molecule has 0 bridgehead atoms. The molecule has 2 heterocycles. The van der Waals surface area contributed by atoms with Gasteiger partial charge in [0, 0.05) is 12.8 Å². The number of hydrogen-bond donors (Lipinski definition) is 0. The SMILES string of the molecule is c1ccc(Cn2cc(OC3CCOCC3)cn2)cc1. The van der Waals surface area contributed by atoms with Gasteiger partial charge in [-0.2, -0.15) is 5.10 Å². The molecule has 0 amide bonds. The topological polar surface area (TPSA) is 36.3 Å². The Hall–Kier alpha value is -1.81. The van der Waals surface area contributed by atoms with Gasteiger partial charge in [0.25, 0.3) is 0 Å². The van der Waals surface area contributed by atoms with Crippen molar-refractivity contribution in [2.75, 3.05) is 13.2 Å². The maximum absolute atomic E-state index is 5.91. The van der Waals surface area contributed by atoms with Gasteiger partial charge in [-0.3, -0.25) is 4.68 Å². The maximum Gasteiger partial charge on any atom is 0.157 e. The van der Waals surface area contributed by atoms with Crippen LogP contribution in [0.4, 0.5) is 0 Å². The molecule has 3 rings (SSSR count). The highest BCUT2D eigenvalue weighted by Gasteiger charge is 2.15. The predicted octanol–water partition coefficient (Wildman–Crippen LogP) is 2.49. The van der Waals surface area contributed by atoms with Crippen molar-refractivity contribution < 1.29 is 9.47 Å². The fraction of sp³-hybridized carbons (Fsp3) is 0.400. The second-order valence-corrected chi connectivity index (χ2v) is 4.79. The number of ether oxygens (including phenoxy) is 2. The zero-order valence-corrected chi connectivity index (χ0v) is 10.9. The van der Waals surface area contributed by atoms with Crippen LogP contribution in [0.15, 0.2) is 42.7 Å². The quantitative estimate of drug-likeness (QED) is 0.845. The second kappa shape index (κ2) is 5.89. The van der Waals surface area contributed by atoms with Gasteiger partial charge in [-0.1, -0.05) is 30.3 Å². The van der Waals surface area contributed by atoms with Crippen molar-refractivity contribution in [1.82, 2.24) is 9.78 Å². The van der Waals surface area contributed by atoms with Gasteiger partial charge in [0.2, 0.25) is 0 Å². The summed E-state index contributed by atoms with van der Waals surface area (Å²) in [7, 11) is 0. The summed E-state index contributed by atoms with van der Waals surface area (Å²) in [6, 6.07) is 10.3. The van der Waals surface area contributed by atoms with Crippen molar-refractivity contribution in [3.05, 3.63) is 48.3 Å². The molecule has 0 saturated carbocycles. The van der Waals surface area contributed by atoms with E-state index in [1.54, 1.807) is 6.20 Å². The van der Waals surface area contributed by atoms with Gasteiger partial charge in [-0.25, -0.2) is 0 Å². The first-order valence-electron chi connectivity index (χ1n) is 6.71. The third kappa shape index (κ3) is 3.35. The van der Waals surface area contributed by atoms with Crippen LogP contribution in [0, 0.1) is 0 Å². The van der Waals surface area contributed by atoms with E-state index in [4.69, 9.17) is 9.47 Å². The maximum atomic E-state index is 5.91. The molecule has 0 radical (unpaired) electrons. The number of nitrogens with zero attached hydrogens (tertiary/aromatic N) is 2. The number of rotatable bonds is 4. The summed E-state index contributed by atoms with van der Waals surface area (Å²) in [5.74, 6) is 0.850. The Labute approximate surface area is 113 Å². The van der Waals surface area contributed by atoms with Crippen LogP contribution in [-0.4, -0.2) is 29.1 Å². The fourth-order valence-electron chi connectivity index (χ4n) is 2.25. The van der Waals surface area contributed by atoms with Gasteiger partial charge in [0.15, 0.2) is 5.75 Å². The highest BCUT2D eigenvalue weighted by atomic mass is 16.5. The van der Waals surface area contributed by atoms with Crippen molar-refractivity contribution in [2.45, 2.75) is 25.5 Å². The standard InChI is InChI=1S/C15H18N2O2/c1-2-4-13(5-3-1)11-17-12-15(10-16-17)19-14-6-8-18-9-7-14/h1-5,10,12,14H,6-9,11H2. The number of aromatic nitrogens is 2. The molecule has 4 heteroatoms. The summed E-state index contributed by atoms with van der Waals surface area (Å²) in [5.41, 5.74) is 1.24. The first-order valence-corrected chi connectivity index (χ1v) is 6.71. The first-order chi connectivity index (χ1) is 9.40. The smallest absolute Gasteiger partial charge is 0.157 e. The van der Waals surface area contributed by atoms with Gasteiger partial charge in [-0.15, -0.1) is 0 Å². The zero-order chi connectivity index (χ0) is 12.9. The Bertz CT molecular complexity index is 504. The van der Waals surface area contributed by atoms with Crippen LogP contribution in [0.25, 0.3) is 0 Å². The average Bonchev–Trinajstić information content (AvgIpc) is 2.88. The van der Waals surface area contributed by atoms with E-state index in [0.29, 0.717) is 0 Å². The van der Waals surface area contributed by atoms with E-state index in [2.05, 4.69) is 17.2 Å². The minimum Gasteiger partial charge on any atom is -0.487 e. The minimum absolute atomic E-state index is 0.267. The molecule has 0 aliphatic carbocycles. The number of hydrogen-bond acceptors (Lipinski definition) is 3. The highest BCUT2D eigenvalue weighted by Crippen LogP contribution is 2.17. The molecule has 1 aromatic carbocycles. The van der Waals surface area contributed by atoms with Crippen LogP contribution < -0.4 is 4.74 Å². The molecule has 1 aliphatic rings. The third-order valence-corrected chi connectivity index (χ3v) is 3.27. The van der Waals surface area contributed by atoms with Gasteiger partial charge in [-0.05, 0) is 5.56 Å². The Morgan fingerprint density at radius 2 is 2.00 bits per heavy atom. The monoisotopic (exact) mass is 258 g/mol. The second-order valence-electron chi connectivity index (χ2n) is 4.79. The zero-order valence-electron chi connectivity index (χ0n) is 10.9. The summed E-state index contributed by atoms with van der Waals surface area (Å²) >= 11 is 0. The molecular weight excluding hydrogens is 240 g/mol. The molecule has 4 nitrogen and oxygen atoms in total. The van der Waals surface area contributed by atoms with Crippen molar-refractivity contribution in [1.29, 1.82) is 0 Å². The van der Waals surface area contributed by atoms with Crippen molar-refractivity contribution in [3.63, 3.8) is 0 Å². The summed E-state index contributed by atoms with van der Waals surface area (Å²) in [6.45, 7) is 2.36. The third-order valence-electron chi connectivity index (χ3n) is 3.27. The highest BCUT2D eigenvalue weighted by molar-refractivity contribution is 5.17. The van der Waals surface area contributed by atoms with E-state index in [1.807, 2.05) is 29.1 Å². The normalized spacial score (nSPS) is 16.4. The lowest BCUT2D eigenvalue weighted by Gasteiger charge is -2.22. The summed E-state index contributed by atoms with van der Waals surface area (Å²) in [4.78, 5) is 0. The van der Waals surface area contributed by atoms with Gasteiger partial charge in [0.1, 0.15) is 6.10 Å². The number of benzene rings is 1. The van der Waals surface area contributed by atoms with E-state index < -0.39 is 0 Å². The molecule has 1 saturated heterocycles. The van der Waals surface area contributed by atoms with Crippen molar-refractivity contribution >= 4 is 0 Å². The van der Waals surface area contributed by atoms with Gasteiger partial charge in [0.05, 0.1) is 32.2 Å². The summed E-state index contributed by atoms with van der Waals surface area (Å²) in [6.07, 6.45) is 5.94. The lowest BCUT2D eigenvalue weighted by atomic mass is 10.1. The average molecular weight is 258 g/mol. The lowest BCUT2D eigenvalue weighted by molar-refractivity contribution is 0.0255. The summed E-state index contributed by atoms with van der Waals surface area (Å²) < 4.78 is 13.1. The van der Waals surface area contributed by atoms with E-state index in [0.717, 1.165) is 38.3 Å².